The largest absolute Gasteiger partial charge is 0.450 e. The van der Waals surface area contributed by atoms with Crippen LogP contribution in [0.2, 0.25) is 0 Å². The lowest BCUT2D eigenvalue weighted by atomic mass is 10.3. The molecule has 2 aromatic rings. The molecular weight excluding hydrogens is 334 g/mol. The molecule has 0 unspecified atom stereocenters. The lowest BCUT2D eigenvalue weighted by molar-refractivity contribution is 0.109. The van der Waals surface area contributed by atoms with Crippen LogP contribution in [0.5, 0.6) is 0 Å². The maximum absolute atomic E-state index is 12.8. The van der Waals surface area contributed by atoms with E-state index in [-0.39, 0.29) is 11.4 Å². The smallest absolute Gasteiger partial charge is 0.409 e. The minimum absolute atomic E-state index is 0.163. The third-order valence-electron chi connectivity index (χ3n) is 3.92. The van der Waals surface area contributed by atoms with Gasteiger partial charge in [-0.05, 0) is 25.5 Å². The Morgan fingerprint density at radius 1 is 1.29 bits per heavy atom. The Labute approximate surface area is 140 Å². The predicted molar refractivity (Wildman–Crippen MR) is 86.0 cm³/mol. The van der Waals surface area contributed by atoms with Gasteiger partial charge < -0.3 is 14.1 Å². The van der Waals surface area contributed by atoms with Crippen LogP contribution in [0.25, 0.3) is 11.1 Å². The van der Waals surface area contributed by atoms with E-state index >= 15 is 0 Å². The molecule has 0 spiro atoms. The number of rotatable bonds is 3. The molecule has 1 fully saturated rings. The van der Waals surface area contributed by atoms with E-state index in [1.54, 1.807) is 17.9 Å². The highest BCUT2D eigenvalue weighted by Crippen LogP contribution is 2.22. The zero-order valence-corrected chi connectivity index (χ0v) is 14.2. The summed E-state index contributed by atoms with van der Waals surface area (Å²) in [6, 6.07) is 4.62. The molecular formula is C15H19N3O5S. The monoisotopic (exact) mass is 353 g/mol. The number of fused-ring (bicyclic) bond motifs is 1. The molecule has 2 heterocycles. The van der Waals surface area contributed by atoms with E-state index in [0.29, 0.717) is 43.8 Å². The number of amides is 1. The molecule has 0 bridgehead atoms. The zero-order valence-electron chi connectivity index (χ0n) is 13.3. The molecule has 9 heteroatoms. The van der Waals surface area contributed by atoms with Gasteiger partial charge in [-0.1, -0.05) is 0 Å². The van der Waals surface area contributed by atoms with Crippen LogP contribution in [0, 0.1) is 0 Å². The first-order valence-corrected chi connectivity index (χ1v) is 9.21. The second-order valence-corrected chi connectivity index (χ2v) is 7.36. The van der Waals surface area contributed by atoms with Crippen LogP contribution in [0.4, 0.5) is 4.79 Å². The Hall–Kier alpha value is -2.13. The normalized spacial score (nSPS) is 17.0. The zero-order chi connectivity index (χ0) is 17.2. The van der Waals surface area contributed by atoms with Crippen LogP contribution < -0.4 is 0 Å². The van der Waals surface area contributed by atoms with Crippen molar-refractivity contribution >= 4 is 27.2 Å². The van der Waals surface area contributed by atoms with Gasteiger partial charge in [0.1, 0.15) is 5.52 Å². The molecule has 0 N–H and O–H groups in total. The van der Waals surface area contributed by atoms with Crippen molar-refractivity contribution in [3.05, 3.63) is 24.6 Å². The average molecular weight is 353 g/mol. The van der Waals surface area contributed by atoms with Crippen molar-refractivity contribution in [1.29, 1.82) is 0 Å². The Bertz CT molecular complexity index is 833. The van der Waals surface area contributed by atoms with E-state index in [9.17, 15) is 13.2 Å². The molecule has 1 aliphatic heterocycles. The maximum Gasteiger partial charge on any atom is 0.409 e. The first-order chi connectivity index (χ1) is 11.5. The van der Waals surface area contributed by atoms with E-state index in [0.717, 1.165) is 0 Å². The van der Waals surface area contributed by atoms with Crippen molar-refractivity contribution < 1.29 is 22.4 Å². The molecule has 24 heavy (non-hydrogen) atoms. The number of benzene rings is 1. The number of hydrogen-bond acceptors (Lipinski definition) is 6. The van der Waals surface area contributed by atoms with E-state index in [4.69, 9.17) is 9.15 Å². The summed E-state index contributed by atoms with van der Waals surface area (Å²) in [5.41, 5.74) is 1.04. The van der Waals surface area contributed by atoms with Crippen LogP contribution in [0.15, 0.2) is 33.9 Å². The Morgan fingerprint density at radius 2 is 2.12 bits per heavy atom. The number of oxazole rings is 1. The molecule has 3 rings (SSSR count). The van der Waals surface area contributed by atoms with Crippen molar-refractivity contribution in [3.8, 4) is 0 Å². The SMILES string of the molecule is CCOC(=O)N1CCCN(S(=O)(=O)c2ccc3ncoc3c2)CC1. The molecule has 1 saturated heterocycles. The fourth-order valence-electron chi connectivity index (χ4n) is 2.68. The molecule has 1 aliphatic rings. The molecule has 0 aliphatic carbocycles. The molecule has 130 valence electrons. The Kier molecular flexibility index (Phi) is 4.72. The molecule has 8 nitrogen and oxygen atoms in total. The summed E-state index contributed by atoms with van der Waals surface area (Å²) in [4.78, 5) is 17.5. The first kappa shape index (κ1) is 16.7. The highest BCUT2D eigenvalue weighted by Gasteiger charge is 2.29. The summed E-state index contributed by atoms with van der Waals surface area (Å²) in [5.74, 6) is 0. The summed E-state index contributed by atoms with van der Waals surface area (Å²) in [5, 5.41) is 0. The van der Waals surface area contributed by atoms with E-state index in [1.165, 1.54) is 22.8 Å². The third kappa shape index (κ3) is 3.22. The van der Waals surface area contributed by atoms with Gasteiger partial charge in [0.25, 0.3) is 0 Å². The predicted octanol–water partition coefficient (Wildman–Crippen LogP) is 1.68. The number of ether oxygens (including phenoxy) is 1. The summed E-state index contributed by atoms with van der Waals surface area (Å²) in [7, 11) is -3.65. The second-order valence-electron chi connectivity index (χ2n) is 5.43. The lowest BCUT2D eigenvalue weighted by Crippen LogP contribution is -2.37. The molecule has 0 saturated carbocycles. The van der Waals surface area contributed by atoms with Crippen molar-refractivity contribution in [1.82, 2.24) is 14.2 Å². The van der Waals surface area contributed by atoms with Crippen LogP contribution >= 0.6 is 0 Å². The van der Waals surface area contributed by atoms with E-state index in [1.807, 2.05) is 0 Å². The number of nitrogens with zero attached hydrogens (tertiary/aromatic N) is 3. The fraction of sp³-hybridized carbons (Fsp3) is 0.467. The highest BCUT2D eigenvalue weighted by atomic mass is 32.2. The van der Waals surface area contributed by atoms with Gasteiger partial charge in [-0.2, -0.15) is 4.31 Å². The lowest BCUT2D eigenvalue weighted by Gasteiger charge is -2.21. The standard InChI is InChI=1S/C15H19N3O5S/c1-2-22-15(19)17-6-3-7-18(9-8-17)24(20,21)12-4-5-13-14(10-12)23-11-16-13/h4-5,10-11H,2-3,6-9H2,1H3. The Morgan fingerprint density at radius 3 is 2.92 bits per heavy atom. The summed E-state index contributed by atoms with van der Waals surface area (Å²) >= 11 is 0. The average Bonchev–Trinajstić information content (AvgIpc) is 2.88. The van der Waals surface area contributed by atoms with E-state index < -0.39 is 16.1 Å². The maximum atomic E-state index is 12.8. The van der Waals surface area contributed by atoms with Crippen molar-refractivity contribution in [2.75, 3.05) is 32.8 Å². The topological polar surface area (TPSA) is 93.0 Å². The summed E-state index contributed by atoms with van der Waals surface area (Å²) in [6.07, 6.45) is 1.44. The number of hydrogen-bond donors (Lipinski definition) is 0. The van der Waals surface area contributed by atoms with Gasteiger partial charge in [0.05, 0.1) is 11.5 Å². The van der Waals surface area contributed by atoms with Gasteiger partial charge in [0, 0.05) is 32.2 Å². The van der Waals surface area contributed by atoms with Gasteiger partial charge in [-0.25, -0.2) is 18.2 Å². The fourth-order valence-corrected chi connectivity index (χ4v) is 4.16. The van der Waals surface area contributed by atoms with Crippen molar-refractivity contribution in [2.45, 2.75) is 18.2 Å². The minimum atomic E-state index is -3.65. The number of carbonyl (C=O) groups excluding carboxylic acids is 1. The van der Waals surface area contributed by atoms with Gasteiger partial charge in [0.15, 0.2) is 12.0 Å². The molecule has 0 atom stereocenters. The summed E-state index contributed by atoms with van der Waals surface area (Å²) in [6.45, 7) is 3.41. The van der Waals surface area contributed by atoms with Crippen LogP contribution in [-0.2, 0) is 14.8 Å². The van der Waals surface area contributed by atoms with Crippen LogP contribution in [0.1, 0.15) is 13.3 Å². The Balaban J connectivity index is 1.78. The van der Waals surface area contributed by atoms with Crippen LogP contribution in [0.3, 0.4) is 0 Å². The number of carbonyl (C=O) groups is 1. The highest BCUT2D eigenvalue weighted by molar-refractivity contribution is 7.89. The first-order valence-electron chi connectivity index (χ1n) is 7.77. The van der Waals surface area contributed by atoms with Crippen molar-refractivity contribution in [2.24, 2.45) is 0 Å². The van der Waals surface area contributed by atoms with E-state index in [2.05, 4.69) is 4.98 Å². The van der Waals surface area contributed by atoms with Crippen LogP contribution in [-0.4, -0.2) is 61.5 Å². The van der Waals surface area contributed by atoms with Gasteiger partial charge in [-0.3, -0.25) is 0 Å². The van der Waals surface area contributed by atoms with Crippen molar-refractivity contribution in [3.63, 3.8) is 0 Å². The molecule has 1 aromatic heterocycles. The summed E-state index contributed by atoms with van der Waals surface area (Å²) < 4.78 is 37.2. The molecule has 0 radical (unpaired) electrons. The van der Waals surface area contributed by atoms with Gasteiger partial charge >= 0.3 is 6.09 Å². The third-order valence-corrected chi connectivity index (χ3v) is 5.82. The molecule has 1 aromatic carbocycles. The quantitative estimate of drug-likeness (QED) is 0.833. The number of sulfonamides is 1. The van der Waals surface area contributed by atoms with Gasteiger partial charge in [-0.15, -0.1) is 0 Å². The molecule has 1 amide bonds. The van der Waals surface area contributed by atoms with Gasteiger partial charge in [0.2, 0.25) is 10.0 Å². The number of aromatic nitrogens is 1. The second kappa shape index (κ2) is 6.78. The minimum Gasteiger partial charge on any atom is -0.450 e.